The molecule has 0 heterocycles. The molecule has 2 atom stereocenters. The van der Waals surface area contributed by atoms with Gasteiger partial charge in [-0.05, 0) is 67.3 Å². The average molecular weight is 235 g/mol. The molecule has 2 heteroatoms. The fourth-order valence-corrected chi connectivity index (χ4v) is 3.15. The smallest absolute Gasteiger partial charge is 0.123 e. The second-order valence-corrected chi connectivity index (χ2v) is 5.80. The Kier molecular flexibility index (Phi) is 3.53. The first kappa shape index (κ1) is 12.6. The molecule has 1 aromatic rings. The molecule has 0 amide bonds. The highest BCUT2D eigenvalue weighted by molar-refractivity contribution is 5.28. The van der Waals surface area contributed by atoms with Crippen molar-refractivity contribution in [1.29, 1.82) is 0 Å². The van der Waals surface area contributed by atoms with Crippen LogP contribution in [0.3, 0.4) is 0 Å². The van der Waals surface area contributed by atoms with E-state index in [2.05, 4.69) is 13.8 Å². The number of hydrogen-bond donors (Lipinski definition) is 1. The molecule has 2 unspecified atom stereocenters. The van der Waals surface area contributed by atoms with Crippen molar-refractivity contribution in [3.63, 3.8) is 0 Å². The van der Waals surface area contributed by atoms with E-state index in [-0.39, 0.29) is 11.2 Å². The first-order valence-electron chi connectivity index (χ1n) is 6.50. The quantitative estimate of drug-likeness (QED) is 0.853. The molecule has 0 saturated heterocycles. The van der Waals surface area contributed by atoms with Gasteiger partial charge in [0.05, 0.1) is 0 Å². The van der Waals surface area contributed by atoms with Gasteiger partial charge in [-0.2, -0.15) is 0 Å². The predicted octanol–water partition coefficient (Wildman–Crippen LogP) is 3.44. The van der Waals surface area contributed by atoms with Gasteiger partial charge in [-0.15, -0.1) is 0 Å². The van der Waals surface area contributed by atoms with Crippen molar-refractivity contribution in [2.24, 2.45) is 17.1 Å². The molecule has 0 aromatic heterocycles. The lowest BCUT2D eigenvalue weighted by molar-refractivity contribution is 0.295. The first-order valence-corrected chi connectivity index (χ1v) is 6.50. The Morgan fingerprint density at radius 3 is 2.82 bits per heavy atom. The van der Waals surface area contributed by atoms with Gasteiger partial charge in [-0.1, -0.05) is 19.4 Å². The van der Waals surface area contributed by atoms with E-state index in [1.54, 1.807) is 6.07 Å². The summed E-state index contributed by atoms with van der Waals surface area (Å²) in [6.07, 6.45) is 4.54. The van der Waals surface area contributed by atoms with Crippen LogP contribution < -0.4 is 5.73 Å². The maximum absolute atomic E-state index is 13.3. The van der Waals surface area contributed by atoms with Crippen molar-refractivity contribution in [2.75, 3.05) is 6.54 Å². The molecule has 1 saturated carbocycles. The predicted molar refractivity (Wildman–Crippen MR) is 69.3 cm³/mol. The Hall–Kier alpha value is -0.890. The van der Waals surface area contributed by atoms with E-state index in [0.29, 0.717) is 6.54 Å². The summed E-state index contributed by atoms with van der Waals surface area (Å²) >= 11 is 0. The summed E-state index contributed by atoms with van der Waals surface area (Å²) in [7, 11) is 0. The molecule has 17 heavy (non-hydrogen) atoms. The normalized spacial score (nSPS) is 28.6. The molecule has 0 bridgehead atoms. The Morgan fingerprint density at radius 1 is 1.47 bits per heavy atom. The lowest BCUT2D eigenvalue weighted by atomic mass is 9.78. The topological polar surface area (TPSA) is 26.0 Å². The third-order valence-electron chi connectivity index (χ3n) is 4.26. The van der Waals surface area contributed by atoms with Gasteiger partial charge in [0.2, 0.25) is 0 Å². The summed E-state index contributed by atoms with van der Waals surface area (Å²) in [5.41, 5.74) is 8.49. The minimum absolute atomic E-state index is 0.135. The highest BCUT2D eigenvalue weighted by Gasteiger charge is 2.36. The largest absolute Gasteiger partial charge is 0.330 e. The molecule has 1 nitrogen and oxygen atoms in total. The lowest BCUT2D eigenvalue weighted by Gasteiger charge is -2.28. The molecule has 1 aliphatic carbocycles. The lowest BCUT2D eigenvalue weighted by Crippen LogP contribution is -2.30. The third kappa shape index (κ3) is 2.68. The van der Waals surface area contributed by atoms with Gasteiger partial charge in [-0.3, -0.25) is 0 Å². The van der Waals surface area contributed by atoms with Crippen LogP contribution in [-0.2, 0) is 6.42 Å². The summed E-state index contributed by atoms with van der Waals surface area (Å²) < 4.78 is 13.3. The van der Waals surface area contributed by atoms with Gasteiger partial charge < -0.3 is 5.73 Å². The SMILES string of the molecule is Cc1ccc(F)cc1CC1(CN)CCC(C)C1. The van der Waals surface area contributed by atoms with Crippen molar-refractivity contribution in [3.8, 4) is 0 Å². The van der Waals surface area contributed by atoms with E-state index in [9.17, 15) is 4.39 Å². The number of benzene rings is 1. The van der Waals surface area contributed by atoms with Crippen LogP contribution in [0.2, 0.25) is 0 Å². The molecule has 94 valence electrons. The van der Waals surface area contributed by atoms with Crippen molar-refractivity contribution >= 4 is 0 Å². The van der Waals surface area contributed by atoms with Crippen molar-refractivity contribution < 1.29 is 4.39 Å². The zero-order valence-electron chi connectivity index (χ0n) is 10.8. The van der Waals surface area contributed by atoms with Gasteiger partial charge in [-0.25, -0.2) is 4.39 Å². The van der Waals surface area contributed by atoms with Gasteiger partial charge in [0.1, 0.15) is 5.82 Å². The van der Waals surface area contributed by atoms with Gasteiger partial charge in [0.25, 0.3) is 0 Å². The third-order valence-corrected chi connectivity index (χ3v) is 4.26. The summed E-state index contributed by atoms with van der Waals surface area (Å²) in [4.78, 5) is 0. The van der Waals surface area contributed by atoms with Crippen LogP contribution >= 0.6 is 0 Å². The minimum Gasteiger partial charge on any atom is -0.330 e. The molecule has 0 spiro atoms. The summed E-state index contributed by atoms with van der Waals surface area (Å²) in [5.74, 6) is 0.622. The second kappa shape index (κ2) is 4.77. The van der Waals surface area contributed by atoms with Gasteiger partial charge in [0, 0.05) is 0 Å². The molecule has 2 rings (SSSR count). The van der Waals surface area contributed by atoms with Crippen molar-refractivity contribution in [3.05, 3.63) is 35.1 Å². The van der Waals surface area contributed by atoms with Crippen LogP contribution in [-0.4, -0.2) is 6.54 Å². The number of nitrogens with two attached hydrogens (primary N) is 1. The Morgan fingerprint density at radius 2 is 2.24 bits per heavy atom. The van der Waals surface area contributed by atoms with Gasteiger partial charge in [0.15, 0.2) is 0 Å². The Bertz CT molecular complexity index is 402. The highest BCUT2D eigenvalue weighted by Crippen LogP contribution is 2.43. The number of hydrogen-bond acceptors (Lipinski definition) is 1. The fourth-order valence-electron chi connectivity index (χ4n) is 3.15. The zero-order valence-corrected chi connectivity index (χ0v) is 10.8. The van der Waals surface area contributed by atoms with Crippen LogP contribution in [0, 0.1) is 24.1 Å². The molecular formula is C15H22FN. The minimum atomic E-state index is -0.135. The molecule has 1 aromatic carbocycles. The van der Waals surface area contributed by atoms with Gasteiger partial charge >= 0.3 is 0 Å². The summed E-state index contributed by atoms with van der Waals surface area (Å²) in [6.45, 7) is 5.06. The van der Waals surface area contributed by atoms with E-state index in [1.807, 2.05) is 6.07 Å². The van der Waals surface area contributed by atoms with Crippen LogP contribution in [0.1, 0.15) is 37.3 Å². The Balaban J connectivity index is 2.21. The summed E-state index contributed by atoms with van der Waals surface area (Å²) in [6, 6.07) is 5.08. The zero-order chi connectivity index (χ0) is 12.5. The molecule has 1 fully saturated rings. The number of halogens is 1. The van der Waals surface area contributed by atoms with Crippen LogP contribution in [0.4, 0.5) is 4.39 Å². The fraction of sp³-hybridized carbons (Fsp3) is 0.600. The average Bonchev–Trinajstić information content (AvgIpc) is 2.66. The maximum Gasteiger partial charge on any atom is 0.123 e. The van der Waals surface area contributed by atoms with Crippen molar-refractivity contribution in [2.45, 2.75) is 39.5 Å². The standard InChI is InChI=1S/C15H22FN/c1-11-5-6-15(8-11,10-17)9-13-7-14(16)4-3-12(13)2/h3-4,7,11H,5-6,8-10,17H2,1-2H3. The van der Waals surface area contributed by atoms with Crippen LogP contribution in [0.25, 0.3) is 0 Å². The van der Waals surface area contributed by atoms with E-state index < -0.39 is 0 Å². The maximum atomic E-state index is 13.3. The molecule has 0 radical (unpaired) electrons. The highest BCUT2D eigenvalue weighted by atomic mass is 19.1. The van der Waals surface area contributed by atoms with E-state index in [1.165, 1.54) is 30.9 Å². The molecule has 2 N–H and O–H groups in total. The van der Waals surface area contributed by atoms with Crippen LogP contribution in [0.5, 0.6) is 0 Å². The number of aryl methyl sites for hydroxylation is 1. The van der Waals surface area contributed by atoms with E-state index in [0.717, 1.165) is 17.9 Å². The first-order chi connectivity index (χ1) is 8.04. The second-order valence-electron chi connectivity index (χ2n) is 5.80. The Labute approximate surface area is 103 Å². The van der Waals surface area contributed by atoms with E-state index >= 15 is 0 Å². The molecule has 0 aliphatic heterocycles. The summed E-state index contributed by atoms with van der Waals surface area (Å²) in [5, 5.41) is 0. The van der Waals surface area contributed by atoms with E-state index in [4.69, 9.17) is 5.73 Å². The molecule has 1 aliphatic rings. The molecular weight excluding hydrogens is 213 g/mol. The van der Waals surface area contributed by atoms with Crippen LogP contribution in [0.15, 0.2) is 18.2 Å². The van der Waals surface area contributed by atoms with Crippen molar-refractivity contribution in [1.82, 2.24) is 0 Å². The number of rotatable bonds is 3. The monoisotopic (exact) mass is 235 g/mol.